The highest BCUT2D eigenvalue weighted by Gasteiger charge is 2.13. The standard InChI is InChI=1S/C16H18N2O5S/c1-10-13(7-8-15(20)21)24-16(17-10)18-14(19)9-23-12-6-4-3-5-11(12)22-2/h3-6H,7-9H2,1-2H3,(H,20,21)(H,17,18,19). The zero-order valence-electron chi connectivity index (χ0n) is 13.4. The lowest BCUT2D eigenvalue weighted by Crippen LogP contribution is -2.20. The van der Waals surface area contributed by atoms with Gasteiger partial charge in [-0.25, -0.2) is 4.98 Å². The minimum absolute atomic E-state index is 0.0351. The van der Waals surface area contributed by atoms with Gasteiger partial charge in [-0.05, 0) is 25.5 Å². The summed E-state index contributed by atoms with van der Waals surface area (Å²) in [5.74, 6) is -0.183. The molecule has 2 rings (SSSR count). The second-order valence-electron chi connectivity index (χ2n) is 4.91. The Morgan fingerprint density at radius 2 is 2.00 bits per heavy atom. The Hall–Kier alpha value is -2.61. The van der Waals surface area contributed by atoms with Gasteiger partial charge in [-0.1, -0.05) is 12.1 Å². The third kappa shape index (κ3) is 4.95. The number of nitrogens with zero attached hydrogens (tertiary/aromatic N) is 1. The Bertz CT molecular complexity index is 729. The smallest absolute Gasteiger partial charge is 0.303 e. The normalized spacial score (nSPS) is 10.2. The Labute approximate surface area is 143 Å². The van der Waals surface area contributed by atoms with Gasteiger partial charge < -0.3 is 14.6 Å². The number of aliphatic carboxylic acids is 1. The zero-order chi connectivity index (χ0) is 17.5. The Balaban J connectivity index is 1.90. The van der Waals surface area contributed by atoms with Crippen molar-refractivity contribution in [2.45, 2.75) is 19.8 Å². The average molecular weight is 350 g/mol. The molecule has 2 N–H and O–H groups in total. The van der Waals surface area contributed by atoms with Gasteiger partial charge in [-0.2, -0.15) is 0 Å². The van der Waals surface area contributed by atoms with E-state index in [1.807, 2.05) is 6.07 Å². The monoisotopic (exact) mass is 350 g/mol. The minimum Gasteiger partial charge on any atom is -0.493 e. The zero-order valence-corrected chi connectivity index (χ0v) is 14.2. The number of methoxy groups -OCH3 is 1. The molecule has 0 unspecified atom stereocenters. The quantitative estimate of drug-likeness (QED) is 0.759. The number of hydrogen-bond acceptors (Lipinski definition) is 6. The second-order valence-corrected chi connectivity index (χ2v) is 5.99. The summed E-state index contributed by atoms with van der Waals surface area (Å²) >= 11 is 1.27. The molecule has 128 valence electrons. The van der Waals surface area contributed by atoms with Gasteiger partial charge in [-0.15, -0.1) is 11.3 Å². The fourth-order valence-electron chi connectivity index (χ4n) is 1.97. The first-order valence-corrected chi connectivity index (χ1v) is 8.05. The summed E-state index contributed by atoms with van der Waals surface area (Å²) in [5.41, 5.74) is 0.724. The van der Waals surface area contributed by atoms with Crippen LogP contribution in [0.1, 0.15) is 17.0 Å². The van der Waals surface area contributed by atoms with Crippen molar-refractivity contribution in [2.75, 3.05) is 19.0 Å². The number of nitrogens with one attached hydrogen (secondary N) is 1. The number of carboxylic acids is 1. The number of para-hydroxylation sites is 2. The fraction of sp³-hybridized carbons (Fsp3) is 0.312. The third-order valence-corrected chi connectivity index (χ3v) is 4.27. The van der Waals surface area contributed by atoms with Crippen LogP contribution in [0.3, 0.4) is 0 Å². The van der Waals surface area contributed by atoms with Crippen molar-refractivity contribution in [3.05, 3.63) is 34.8 Å². The van der Waals surface area contributed by atoms with Crippen molar-refractivity contribution in [2.24, 2.45) is 0 Å². The van der Waals surface area contributed by atoms with E-state index in [0.717, 1.165) is 10.6 Å². The molecule has 24 heavy (non-hydrogen) atoms. The molecule has 0 aliphatic carbocycles. The highest BCUT2D eigenvalue weighted by Crippen LogP contribution is 2.26. The van der Waals surface area contributed by atoms with E-state index in [0.29, 0.717) is 23.1 Å². The number of ether oxygens (including phenoxy) is 2. The molecule has 1 heterocycles. The van der Waals surface area contributed by atoms with E-state index in [4.69, 9.17) is 14.6 Å². The highest BCUT2D eigenvalue weighted by atomic mass is 32.1. The van der Waals surface area contributed by atoms with Gasteiger partial charge in [0.15, 0.2) is 23.2 Å². The van der Waals surface area contributed by atoms with Crippen LogP contribution in [-0.2, 0) is 16.0 Å². The molecule has 1 aromatic carbocycles. The van der Waals surface area contributed by atoms with Crippen molar-refractivity contribution < 1.29 is 24.2 Å². The first-order valence-electron chi connectivity index (χ1n) is 7.23. The van der Waals surface area contributed by atoms with E-state index < -0.39 is 5.97 Å². The number of carbonyl (C=O) groups is 2. The number of rotatable bonds is 8. The second kappa shape index (κ2) is 8.30. The fourth-order valence-corrected chi connectivity index (χ4v) is 2.95. The lowest BCUT2D eigenvalue weighted by Gasteiger charge is -2.09. The van der Waals surface area contributed by atoms with Gasteiger partial charge in [0.25, 0.3) is 5.91 Å². The number of aryl methyl sites for hydroxylation is 2. The molecule has 0 aliphatic rings. The number of aromatic nitrogens is 1. The number of amides is 1. The van der Waals surface area contributed by atoms with Crippen LogP contribution in [0.25, 0.3) is 0 Å². The summed E-state index contributed by atoms with van der Waals surface area (Å²) in [6.07, 6.45) is 0.430. The molecule has 7 nitrogen and oxygen atoms in total. The molecule has 0 saturated heterocycles. The molecule has 0 spiro atoms. The van der Waals surface area contributed by atoms with E-state index in [9.17, 15) is 9.59 Å². The maximum Gasteiger partial charge on any atom is 0.303 e. The van der Waals surface area contributed by atoms with Crippen molar-refractivity contribution in [1.82, 2.24) is 4.98 Å². The van der Waals surface area contributed by atoms with Crippen molar-refractivity contribution in [1.29, 1.82) is 0 Å². The molecule has 0 fully saturated rings. The maximum atomic E-state index is 12.0. The molecule has 2 aromatic rings. The Morgan fingerprint density at radius 1 is 1.29 bits per heavy atom. The van der Waals surface area contributed by atoms with E-state index >= 15 is 0 Å². The van der Waals surface area contributed by atoms with Gasteiger partial charge in [-0.3, -0.25) is 14.9 Å². The van der Waals surface area contributed by atoms with Crippen LogP contribution in [-0.4, -0.2) is 35.7 Å². The molecule has 0 atom stereocenters. The minimum atomic E-state index is -0.862. The van der Waals surface area contributed by atoms with Gasteiger partial charge >= 0.3 is 5.97 Å². The van der Waals surface area contributed by atoms with Crippen molar-refractivity contribution in [3.63, 3.8) is 0 Å². The molecular formula is C16H18N2O5S. The lowest BCUT2D eigenvalue weighted by molar-refractivity contribution is -0.137. The van der Waals surface area contributed by atoms with Gasteiger partial charge in [0.2, 0.25) is 0 Å². The number of benzene rings is 1. The number of thiazole rings is 1. The summed E-state index contributed by atoms with van der Waals surface area (Å²) in [6, 6.07) is 7.05. The molecular weight excluding hydrogens is 332 g/mol. The van der Waals surface area contributed by atoms with E-state index in [2.05, 4.69) is 10.3 Å². The van der Waals surface area contributed by atoms with E-state index in [1.165, 1.54) is 18.4 Å². The number of carbonyl (C=O) groups excluding carboxylic acids is 1. The van der Waals surface area contributed by atoms with Crippen LogP contribution >= 0.6 is 11.3 Å². The molecule has 0 aliphatic heterocycles. The first kappa shape index (κ1) is 17.7. The SMILES string of the molecule is COc1ccccc1OCC(=O)Nc1nc(C)c(CCC(=O)O)s1. The summed E-state index contributed by atoms with van der Waals surface area (Å²) < 4.78 is 10.6. The van der Waals surface area contributed by atoms with E-state index in [1.54, 1.807) is 25.1 Å². The van der Waals surface area contributed by atoms with Gasteiger partial charge in [0, 0.05) is 4.88 Å². The van der Waals surface area contributed by atoms with Crippen molar-refractivity contribution >= 4 is 28.3 Å². The molecule has 0 radical (unpaired) electrons. The number of hydrogen-bond donors (Lipinski definition) is 2. The first-order chi connectivity index (χ1) is 11.5. The number of anilines is 1. The van der Waals surface area contributed by atoms with Crippen LogP contribution in [0.2, 0.25) is 0 Å². The predicted molar refractivity (Wildman–Crippen MR) is 89.9 cm³/mol. The molecule has 0 bridgehead atoms. The van der Waals surface area contributed by atoms with Crippen LogP contribution in [0, 0.1) is 6.92 Å². The van der Waals surface area contributed by atoms with E-state index in [-0.39, 0.29) is 18.9 Å². The predicted octanol–water partition coefficient (Wildman–Crippen LogP) is 2.49. The third-order valence-electron chi connectivity index (χ3n) is 3.13. The summed E-state index contributed by atoms with van der Waals surface area (Å²) in [7, 11) is 1.53. The Morgan fingerprint density at radius 3 is 2.67 bits per heavy atom. The van der Waals surface area contributed by atoms with Gasteiger partial charge in [0.05, 0.1) is 19.2 Å². The topological polar surface area (TPSA) is 97.8 Å². The largest absolute Gasteiger partial charge is 0.493 e. The lowest BCUT2D eigenvalue weighted by atomic mass is 10.2. The molecule has 1 aromatic heterocycles. The summed E-state index contributed by atoms with van der Waals surface area (Å²) in [6.45, 7) is 1.61. The Kier molecular flexibility index (Phi) is 6.14. The molecule has 0 saturated carbocycles. The van der Waals surface area contributed by atoms with Gasteiger partial charge in [0.1, 0.15) is 0 Å². The summed E-state index contributed by atoms with van der Waals surface area (Å²) in [5, 5.41) is 11.8. The van der Waals surface area contributed by atoms with Crippen LogP contribution < -0.4 is 14.8 Å². The van der Waals surface area contributed by atoms with Crippen LogP contribution in [0.15, 0.2) is 24.3 Å². The molecule has 1 amide bonds. The summed E-state index contributed by atoms with van der Waals surface area (Å²) in [4.78, 5) is 27.7. The van der Waals surface area contributed by atoms with Crippen LogP contribution in [0.5, 0.6) is 11.5 Å². The molecule has 8 heteroatoms. The average Bonchev–Trinajstić information content (AvgIpc) is 2.90. The van der Waals surface area contributed by atoms with Crippen molar-refractivity contribution in [3.8, 4) is 11.5 Å². The van der Waals surface area contributed by atoms with Crippen LogP contribution in [0.4, 0.5) is 5.13 Å². The highest BCUT2D eigenvalue weighted by molar-refractivity contribution is 7.15. The maximum absolute atomic E-state index is 12.0. The number of carboxylic acid groups (broad SMARTS) is 1.